The van der Waals surface area contributed by atoms with Crippen LogP contribution in [0.1, 0.15) is 40.8 Å². The number of aryl methyl sites for hydroxylation is 1. The van der Waals surface area contributed by atoms with Crippen LogP contribution in [0, 0.1) is 6.92 Å². The molecule has 3 rings (SSSR count). The van der Waals surface area contributed by atoms with E-state index in [0.29, 0.717) is 13.2 Å². The Balaban J connectivity index is 2.03. The average Bonchev–Trinajstić information content (AvgIpc) is 2.94. The predicted octanol–water partition coefficient (Wildman–Crippen LogP) is 4.09. The fraction of sp³-hybridized carbons (Fsp3) is 0.444. The van der Waals surface area contributed by atoms with Crippen molar-refractivity contribution in [2.24, 2.45) is 0 Å². The lowest BCUT2D eigenvalue weighted by Gasteiger charge is -2.28. The predicted molar refractivity (Wildman–Crippen MR) is 91.4 cm³/mol. The number of nitrogens with one attached hydrogen (secondary N) is 1. The molecule has 0 aliphatic carbocycles. The smallest absolute Gasteiger partial charge is 0.161 e. The van der Waals surface area contributed by atoms with Crippen molar-refractivity contribution in [3.05, 3.63) is 45.1 Å². The van der Waals surface area contributed by atoms with Crippen LogP contribution >= 0.6 is 11.3 Å². The quantitative estimate of drug-likeness (QED) is 0.901. The first-order chi connectivity index (χ1) is 10.7. The number of thiophene rings is 1. The van der Waals surface area contributed by atoms with Crippen LogP contribution in [0.2, 0.25) is 0 Å². The molecular weight excluding hydrogens is 294 g/mol. The third-order valence-electron chi connectivity index (χ3n) is 3.90. The summed E-state index contributed by atoms with van der Waals surface area (Å²) < 4.78 is 11.6. The molecule has 4 heteroatoms. The Morgan fingerprint density at radius 3 is 2.50 bits per heavy atom. The lowest BCUT2D eigenvalue weighted by Crippen LogP contribution is -2.30. The molecule has 0 saturated carbocycles. The lowest BCUT2D eigenvalue weighted by molar-refractivity contribution is 0.286. The van der Waals surface area contributed by atoms with E-state index in [-0.39, 0.29) is 6.04 Å². The monoisotopic (exact) mass is 317 g/mol. The molecule has 1 aromatic carbocycles. The second kappa shape index (κ2) is 6.71. The van der Waals surface area contributed by atoms with E-state index in [9.17, 15) is 0 Å². The molecule has 0 radical (unpaired) electrons. The van der Waals surface area contributed by atoms with Crippen molar-refractivity contribution < 1.29 is 9.47 Å². The molecule has 0 saturated heterocycles. The number of ether oxygens (including phenoxy) is 2. The van der Waals surface area contributed by atoms with Gasteiger partial charge in [0, 0.05) is 16.3 Å². The van der Waals surface area contributed by atoms with E-state index in [1.165, 1.54) is 20.9 Å². The Kier molecular flexibility index (Phi) is 4.69. The molecule has 1 aliphatic heterocycles. The highest BCUT2D eigenvalue weighted by atomic mass is 32.1. The van der Waals surface area contributed by atoms with Crippen LogP contribution < -0.4 is 14.8 Å². The number of fused-ring (bicyclic) bond motifs is 1. The minimum Gasteiger partial charge on any atom is -0.490 e. The van der Waals surface area contributed by atoms with Gasteiger partial charge in [0.1, 0.15) is 0 Å². The second-order valence-electron chi connectivity index (χ2n) is 5.45. The second-order valence-corrected chi connectivity index (χ2v) is 6.77. The Hall–Kier alpha value is -1.52. The van der Waals surface area contributed by atoms with Crippen molar-refractivity contribution in [1.82, 2.24) is 5.32 Å². The van der Waals surface area contributed by atoms with E-state index in [0.717, 1.165) is 24.5 Å². The number of hydrogen-bond donors (Lipinski definition) is 1. The van der Waals surface area contributed by atoms with Crippen molar-refractivity contribution >= 4 is 11.3 Å². The van der Waals surface area contributed by atoms with Crippen molar-refractivity contribution in [3.63, 3.8) is 0 Å². The third-order valence-corrected chi connectivity index (χ3v) is 4.97. The van der Waals surface area contributed by atoms with E-state index >= 15 is 0 Å². The highest BCUT2D eigenvalue weighted by Crippen LogP contribution is 2.39. The number of benzene rings is 1. The molecule has 0 amide bonds. The summed E-state index contributed by atoms with van der Waals surface area (Å²) in [6, 6.07) is 9.00. The van der Waals surface area contributed by atoms with Gasteiger partial charge in [-0.1, -0.05) is 0 Å². The molecule has 22 heavy (non-hydrogen) atoms. The minimum absolute atomic E-state index is 0.261. The summed E-state index contributed by atoms with van der Waals surface area (Å²) in [6.45, 7) is 8.47. The Morgan fingerprint density at radius 1 is 1.14 bits per heavy atom. The van der Waals surface area contributed by atoms with Crippen molar-refractivity contribution in [2.75, 3.05) is 19.8 Å². The molecule has 1 N–H and O–H groups in total. The van der Waals surface area contributed by atoms with E-state index in [1.807, 2.05) is 25.2 Å². The largest absolute Gasteiger partial charge is 0.490 e. The summed E-state index contributed by atoms with van der Waals surface area (Å²) in [5.74, 6) is 1.72. The molecule has 118 valence electrons. The summed E-state index contributed by atoms with van der Waals surface area (Å²) >= 11 is 1.86. The van der Waals surface area contributed by atoms with Crippen molar-refractivity contribution in [1.29, 1.82) is 0 Å². The molecule has 1 aliphatic rings. The maximum absolute atomic E-state index is 5.80. The van der Waals surface area contributed by atoms with Gasteiger partial charge in [0.25, 0.3) is 0 Å². The van der Waals surface area contributed by atoms with Crippen LogP contribution in [-0.2, 0) is 6.42 Å². The summed E-state index contributed by atoms with van der Waals surface area (Å²) in [7, 11) is 0. The molecule has 3 nitrogen and oxygen atoms in total. The first-order valence-corrected chi connectivity index (χ1v) is 8.76. The summed E-state index contributed by atoms with van der Waals surface area (Å²) in [4.78, 5) is 2.71. The van der Waals surface area contributed by atoms with Gasteiger partial charge in [0.15, 0.2) is 11.5 Å². The van der Waals surface area contributed by atoms with Gasteiger partial charge < -0.3 is 14.8 Å². The van der Waals surface area contributed by atoms with Crippen LogP contribution in [0.25, 0.3) is 0 Å². The maximum Gasteiger partial charge on any atom is 0.161 e. The van der Waals surface area contributed by atoms with E-state index in [1.54, 1.807) is 0 Å². The molecule has 2 aromatic rings. The molecule has 0 fully saturated rings. The standard InChI is InChI=1S/C18H23NO2S/c1-4-20-15-10-13-8-9-19-18(17-7-6-12(3)22-17)14(13)11-16(15)21-5-2/h6-7,10-11,18-19H,4-5,8-9H2,1-3H3. The van der Waals surface area contributed by atoms with Gasteiger partial charge >= 0.3 is 0 Å². The molecule has 0 spiro atoms. The van der Waals surface area contributed by atoms with Gasteiger partial charge in [0.2, 0.25) is 0 Å². The van der Waals surface area contributed by atoms with E-state index < -0.39 is 0 Å². The van der Waals surface area contributed by atoms with Gasteiger partial charge in [-0.05, 0) is 62.6 Å². The van der Waals surface area contributed by atoms with Crippen molar-refractivity contribution in [3.8, 4) is 11.5 Å². The highest BCUT2D eigenvalue weighted by molar-refractivity contribution is 7.12. The van der Waals surface area contributed by atoms with E-state index in [4.69, 9.17) is 9.47 Å². The Morgan fingerprint density at radius 2 is 1.86 bits per heavy atom. The minimum atomic E-state index is 0.261. The zero-order valence-corrected chi connectivity index (χ0v) is 14.3. The number of hydrogen-bond acceptors (Lipinski definition) is 4. The van der Waals surface area contributed by atoms with E-state index in [2.05, 4.69) is 36.5 Å². The molecule has 2 heterocycles. The van der Waals surface area contributed by atoms with Crippen LogP contribution in [0.5, 0.6) is 11.5 Å². The Labute approximate surface area is 136 Å². The molecular formula is C18H23NO2S. The van der Waals surface area contributed by atoms with Crippen LogP contribution in [0.3, 0.4) is 0 Å². The maximum atomic E-state index is 5.80. The van der Waals surface area contributed by atoms with Gasteiger partial charge in [0.05, 0.1) is 19.3 Å². The van der Waals surface area contributed by atoms with Crippen LogP contribution in [-0.4, -0.2) is 19.8 Å². The first-order valence-electron chi connectivity index (χ1n) is 7.95. The molecule has 1 atom stereocenters. The topological polar surface area (TPSA) is 30.5 Å². The average molecular weight is 317 g/mol. The Bertz CT molecular complexity index is 651. The molecule has 0 bridgehead atoms. The highest BCUT2D eigenvalue weighted by Gasteiger charge is 2.25. The molecule has 1 aromatic heterocycles. The fourth-order valence-corrected chi connectivity index (χ4v) is 3.94. The fourth-order valence-electron chi connectivity index (χ4n) is 2.96. The molecule has 1 unspecified atom stereocenters. The first kappa shape index (κ1) is 15.4. The number of rotatable bonds is 5. The SMILES string of the molecule is CCOc1cc2c(cc1OCC)C(c1ccc(C)s1)NCC2. The van der Waals surface area contributed by atoms with Gasteiger partial charge in [-0.25, -0.2) is 0 Å². The third kappa shape index (κ3) is 2.99. The summed E-state index contributed by atoms with van der Waals surface area (Å²) in [5, 5.41) is 3.64. The van der Waals surface area contributed by atoms with Gasteiger partial charge in [-0.3, -0.25) is 0 Å². The summed E-state index contributed by atoms with van der Waals surface area (Å²) in [6.07, 6.45) is 1.03. The van der Waals surface area contributed by atoms with Gasteiger partial charge in [-0.15, -0.1) is 11.3 Å². The normalized spacial score (nSPS) is 17.1. The van der Waals surface area contributed by atoms with Crippen LogP contribution in [0.4, 0.5) is 0 Å². The zero-order chi connectivity index (χ0) is 15.5. The zero-order valence-electron chi connectivity index (χ0n) is 13.4. The van der Waals surface area contributed by atoms with Crippen molar-refractivity contribution in [2.45, 2.75) is 33.2 Å². The lowest BCUT2D eigenvalue weighted by atomic mass is 9.92. The van der Waals surface area contributed by atoms with Crippen LogP contribution in [0.15, 0.2) is 24.3 Å². The summed E-state index contributed by atoms with van der Waals surface area (Å²) in [5.41, 5.74) is 2.68. The van der Waals surface area contributed by atoms with Gasteiger partial charge in [-0.2, -0.15) is 0 Å².